The maximum atomic E-state index is 12.1. The van der Waals surface area contributed by atoms with Gasteiger partial charge >= 0.3 is 6.36 Å². The van der Waals surface area contributed by atoms with Gasteiger partial charge in [-0.2, -0.15) is 0 Å². The lowest BCUT2D eigenvalue weighted by atomic mass is 10.00. The summed E-state index contributed by atoms with van der Waals surface area (Å²) in [4.78, 5) is 2.54. The topological polar surface area (TPSA) is 33.7 Å². The molecule has 4 nitrogen and oxygen atoms in total. The van der Waals surface area contributed by atoms with Crippen molar-refractivity contribution >= 4 is 0 Å². The molecule has 0 aromatic heterocycles. The van der Waals surface area contributed by atoms with Crippen LogP contribution in [-0.2, 0) is 0 Å². The lowest BCUT2D eigenvalue weighted by Gasteiger charge is -2.39. The highest BCUT2D eigenvalue weighted by Crippen LogP contribution is 2.27. The van der Waals surface area contributed by atoms with Crippen LogP contribution in [-0.4, -0.2) is 49.6 Å². The quantitative estimate of drug-likeness (QED) is 0.910. The Morgan fingerprint density at radius 1 is 0.917 bits per heavy atom. The highest BCUT2D eigenvalue weighted by molar-refractivity contribution is 5.31. The van der Waals surface area contributed by atoms with Gasteiger partial charge in [0.05, 0.1) is 0 Å². The number of ether oxygens (including phenoxy) is 2. The number of benzene rings is 1. The summed E-state index contributed by atoms with van der Waals surface area (Å²) >= 11 is 0. The summed E-state index contributed by atoms with van der Waals surface area (Å²) in [6, 6.07) is 6.30. The van der Waals surface area contributed by atoms with E-state index in [1.807, 2.05) is 0 Å². The Bertz CT molecular complexity index is 508. The minimum absolute atomic E-state index is 0.123. The summed E-state index contributed by atoms with van der Waals surface area (Å²) in [5.74, 6) is 0.361. The Kier molecular flexibility index (Phi) is 5.50. The molecule has 1 N–H and O–H groups in total. The Balaban J connectivity index is 1.45. The average Bonchev–Trinajstić information content (AvgIpc) is 2.57. The number of nitrogens with zero attached hydrogens (tertiary/aromatic N) is 1. The molecule has 7 heteroatoms. The van der Waals surface area contributed by atoms with Gasteiger partial charge in [0.15, 0.2) is 0 Å². The third-order valence-corrected chi connectivity index (χ3v) is 4.66. The Morgan fingerprint density at radius 2 is 1.50 bits per heavy atom. The van der Waals surface area contributed by atoms with Gasteiger partial charge in [-0.25, -0.2) is 0 Å². The minimum Gasteiger partial charge on any atom is -0.490 e. The number of piperidine rings is 2. The van der Waals surface area contributed by atoms with E-state index in [-0.39, 0.29) is 11.9 Å². The Hall–Kier alpha value is -1.47. The fraction of sp³-hybridized carbons (Fsp3) is 0.647. The molecule has 2 saturated heterocycles. The summed E-state index contributed by atoms with van der Waals surface area (Å²) in [6.45, 7) is 4.22. The molecule has 1 aromatic rings. The van der Waals surface area contributed by atoms with Crippen LogP contribution in [0.15, 0.2) is 24.3 Å². The molecule has 0 unspecified atom stereocenters. The minimum atomic E-state index is -4.66. The number of likely N-dealkylation sites (tertiary alicyclic amines) is 1. The highest BCUT2D eigenvalue weighted by Gasteiger charge is 2.31. The zero-order valence-corrected chi connectivity index (χ0v) is 13.5. The van der Waals surface area contributed by atoms with Gasteiger partial charge in [0.25, 0.3) is 0 Å². The fourth-order valence-corrected chi connectivity index (χ4v) is 3.44. The number of alkyl halides is 3. The molecule has 24 heavy (non-hydrogen) atoms. The van der Waals surface area contributed by atoms with Crippen LogP contribution >= 0.6 is 0 Å². The maximum absolute atomic E-state index is 12.1. The lowest BCUT2D eigenvalue weighted by Crippen LogP contribution is -2.48. The predicted molar refractivity (Wildman–Crippen MR) is 84.2 cm³/mol. The average molecular weight is 344 g/mol. The summed E-state index contributed by atoms with van der Waals surface area (Å²) in [6.07, 6.45) is -0.241. The zero-order valence-electron chi connectivity index (χ0n) is 13.5. The van der Waals surface area contributed by atoms with E-state index in [2.05, 4.69) is 15.0 Å². The van der Waals surface area contributed by atoms with E-state index in [0.717, 1.165) is 39.0 Å². The summed E-state index contributed by atoms with van der Waals surface area (Å²) in [7, 11) is 0. The van der Waals surface area contributed by atoms with E-state index >= 15 is 0 Å². The van der Waals surface area contributed by atoms with Crippen molar-refractivity contribution in [3.8, 4) is 11.5 Å². The molecule has 0 aliphatic carbocycles. The molecular formula is C17H23F3N2O2. The monoisotopic (exact) mass is 344 g/mol. The van der Waals surface area contributed by atoms with E-state index in [4.69, 9.17) is 4.74 Å². The van der Waals surface area contributed by atoms with E-state index in [9.17, 15) is 13.2 Å². The van der Waals surface area contributed by atoms with Gasteiger partial charge in [-0.15, -0.1) is 13.2 Å². The summed E-state index contributed by atoms with van der Waals surface area (Å²) < 4.78 is 46.2. The van der Waals surface area contributed by atoms with Crippen molar-refractivity contribution in [2.45, 2.75) is 44.2 Å². The number of nitrogens with one attached hydrogen (secondary N) is 1. The molecule has 0 saturated carbocycles. The fourth-order valence-electron chi connectivity index (χ4n) is 3.44. The van der Waals surface area contributed by atoms with Crippen molar-refractivity contribution in [3.05, 3.63) is 24.3 Å². The van der Waals surface area contributed by atoms with E-state index in [1.54, 1.807) is 0 Å². The van der Waals surface area contributed by atoms with Crippen molar-refractivity contribution in [2.24, 2.45) is 0 Å². The molecule has 3 rings (SSSR count). The third-order valence-electron chi connectivity index (χ3n) is 4.66. The second-order valence-corrected chi connectivity index (χ2v) is 6.35. The van der Waals surface area contributed by atoms with Crippen molar-refractivity contribution in [2.75, 3.05) is 26.2 Å². The highest BCUT2D eigenvalue weighted by atomic mass is 19.4. The molecule has 0 radical (unpaired) electrons. The molecule has 2 aliphatic heterocycles. The Labute approximate surface area is 139 Å². The number of hydrogen-bond acceptors (Lipinski definition) is 4. The van der Waals surface area contributed by atoms with Crippen LogP contribution in [0.2, 0.25) is 0 Å². The first-order chi connectivity index (χ1) is 11.5. The SMILES string of the molecule is FC(F)(F)Oc1ccc(OC2CCN(C3CCNCC3)CC2)cc1. The molecule has 0 amide bonds. The summed E-state index contributed by atoms with van der Waals surface area (Å²) in [5, 5.41) is 3.38. The van der Waals surface area contributed by atoms with Gasteiger partial charge < -0.3 is 19.7 Å². The van der Waals surface area contributed by atoms with Gasteiger partial charge in [0, 0.05) is 19.1 Å². The molecule has 0 spiro atoms. The second-order valence-electron chi connectivity index (χ2n) is 6.35. The molecule has 0 bridgehead atoms. The van der Waals surface area contributed by atoms with E-state index in [0.29, 0.717) is 11.8 Å². The predicted octanol–water partition coefficient (Wildman–Crippen LogP) is 3.18. The van der Waals surface area contributed by atoms with E-state index < -0.39 is 6.36 Å². The molecule has 2 heterocycles. The molecule has 134 valence electrons. The van der Waals surface area contributed by atoms with E-state index in [1.165, 1.54) is 37.1 Å². The van der Waals surface area contributed by atoms with Gasteiger partial charge in [-0.05, 0) is 63.0 Å². The molecule has 2 fully saturated rings. The number of halogens is 3. The van der Waals surface area contributed by atoms with Crippen LogP contribution in [0.3, 0.4) is 0 Å². The molecule has 1 aromatic carbocycles. The summed E-state index contributed by atoms with van der Waals surface area (Å²) in [5.41, 5.74) is 0. The van der Waals surface area contributed by atoms with Gasteiger partial charge in [0.1, 0.15) is 17.6 Å². The van der Waals surface area contributed by atoms with Crippen LogP contribution in [0.25, 0.3) is 0 Å². The Morgan fingerprint density at radius 3 is 2.08 bits per heavy atom. The smallest absolute Gasteiger partial charge is 0.490 e. The molecular weight excluding hydrogens is 321 g/mol. The van der Waals surface area contributed by atoms with Crippen LogP contribution < -0.4 is 14.8 Å². The maximum Gasteiger partial charge on any atom is 0.573 e. The largest absolute Gasteiger partial charge is 0.573 e. The zero-order chi connectivity index (χ0) is 17.0. The van der Waals surface area contributed by atoms with Gasteiger partial charge in [-0.1, -0.05) is 0 Å². The lowest BCUT2D eigenvalue weighted by molar-refractivity contribution is -0.274. The number of rotatable bonds is 4. The third kappa shape index (κ3) is 5.01. The molecule has 2 aliphatic rings. The van der Waals surface area contributed by atoms with Crippen LogP contribution in [0, 0.1) is 0 Å². The first-order valence-corrected chi connectivity index (χ1v) is 8.47. The first-order valence-electron chi connectivity index (χ1n) is 8.47. The van der Waals surface area contributed by atoms with Crippen molar-refractivity contribution in [1.29, 1.82) is 0 Å². The second kappa shape index (κ2) is 7.61. The van der Waals surface area contributed by atoms with Crippen LogP contribution in [0.5, 0.6) is 11.5 Å². The van der Waals surface area contributed by atoms with Gasteiger partial charge in [-0.3, -0.25) is 0 Å². The standard InChI is InChI=1S/C17H23F3N2O2/c18-17(19,20)24-16-3-1-14(2-4-16)23-15-7-11-22(12-8-15)13-5-9-21-10-6-13/h1-4,13,15,21H,5-12H2. The van der Waals surface area contributed by atoms with Crippen LogP contribution in [0.1, 0.15) is 25.7 Å². The van der Waals surface area contributed by atoms with Crippen molar-refractivity contribution in [3.63, 3.8) is 0 Å². The van der Waals surface area contributed by atoms with Gasteiger partial charge in [0.2, 0.25) is 0 Å². The first kappa shape index (κ1) is 17.4. The van der Waals surface area contributed by atoms with Crippen molar-refractivity contribution < 1.29 is 22.6 Å². The normalized spacial score (nSPS) is 21.6. The molecule has 0 atom stereocenters. The van der Waals surface area contributed by atoms with Crippen molar-refractivity contribution in [1.82, 2.24) is 10.2 Å². The van der Waals surface area contributed by atoms with Crippen LogP contribution in [0.4, 0.5) is 13.2 Å². The number of hydrogen-bond donors (Lipinski definition) is 1.